The predicted molar refractivity (Wildman–Crippen MR) is 111 cm³/mol. The van der Waals surface area contributed by atoms with Gasteiger partial charge in [0.15, 0.2) is 0 Å². The Morgan fingerprint density at radius 2 is 1.52 bits per heavy atom. The van der Waals surface area contributed by atoms with E-state index in [0.29, 0.717) is 17.6 Å². The van der Waals surface area contributed by atoms with Gasteiger partial charge in [-0.25, -0.2) is 8.42 Å². The zero-order valence-electron chi connectivity index (χ0n) is 16.6. The number of nitrogens with zero attached hydrogens (tertiary/aromatic N) is 3. The Bertz CT molecular complexity index is 1320. The molecule has 4 rings (SSSR count). The highest BCUT2D eigenvalue weighted by molar-refractivity contribution is 7.89. The van der Waals surface area contributed by atoms with Gasteiger partial charge in [0, 0.05) is 20.6 Å². The van der Waals surface area contributed by atoms with Crippen LogP contribution in [0.15, 0.2) is 56.9 Å². The molecule has 0 bridgehead atoms. The van der Waals surface area contributed by atoms with Crippen LogP contribution in [0, 0.1) is 6.92 Å². The number of benzene rings is 2. The summed E-state index contributed by atoms with van der Waals surface area (Å²) in [7, 11) is -0.772. The van der Waals surface area contributed by atoms with E-state index in [1.54, 1.807) is 10.4 Å². The van der Waals surface area contributed by atoms with E-state index < -0.39 is 21.1 Å². The fourth-order valence-corrected chi connectivity index (χ4v) is 5.71. The fraction of sp³-hybridized carbons (Fsp3) is 0.333. The van der Waals surface area contributed by atoms with E-state index in [4.69, 9.17) is 0 Å². The molecule has 1 aliphatic heterocycles. The van der Waals surface area contributed by atoms with Gasteiger partial charge >= 0.3 is 11.1 Å². The summed E-state index contributed by atoms with van der Waals surface area (Å²) in [4.78, 5) is 24.3. The molecule has 0 spiro atoms. The first kappa shape index (κ1) is 19.6. The molecule has 1 aliphatic rings. The number of hydrogen-bond donors (Lipinski definition) is 0. The smallest absolute Gasteiger partial charge is 0.305 e. The average Bonchev–Trinajstić information content (AvgIpc) is 3.21. The third kappa shape index (κ3) is 3.12. The van der Waals surface area contributed by atoms with Crippen LogP contribution < -0.4 is 11.1 Å². The Kier molecular flexibility index (Phi) is 4.71. The van der Waals surface area contributed by atoms with Gasteiger partial charge < -0.3 is 9.13 Å². The van der Waals surface area contributed by atoms with Crippen LogP contribution in [0.2, 0.25) is 0 Å². The van der Waals surface area contributed by atoms with Crippen LogP contribution in [-0.4, -0.2) is 28.4 Å². The molecule has 0 amide bonds. The van der Waals surface area contributed by atoms with E-state index in [0.717, 1.165) is 24.0 Å². The van der Waals surface area contributed by atoms with Crippen LogP contribution in [0.25, 0.3) is 11.0 Å². The molecule has 0 unspecified atom stereocenters. The highest BCUT2D eigenvalue weighted by Crippen LogP contribution is 2.37. The minimum atomic E-state index is -3.76. The lowest BCUT2D eigenvalue weighted by molar-refractivity contribution is 0.396. The average molecular weight is 413 g/mol. The molecule has 0 radical (unpaired) electrons. The molecule has 1 fully saturated rings. The van der Waals surface area contributed by atoms with E-state index in [2.05, 4.69) is 0 Å². The van der Waals surface area contributed by atoms with Crippen LogP contribution in [0.3, 0.4) is 0 Å². The van der Waals surface area contributed by atoms with Gasteiger partial charge in [0.05, 0.1) is 22.0 Å². The van der Waals surface area contributed by atoms with Gasteiger partial charge in [-0.3, -0.25) is 9.59 Å². The number of aryl methyl sites for hydroxylation is 3. The van der Waals surface area contributed by atoms with E-state index in [-0.39, 0.29) is 10.9 Å². The summed E-state index contributed by atoms with van der Waals surface area (Å²) in [5.74, 6) is 0. The summed E-state index contributed by atoms with van der Waals surface area (Å²) < 4.78 is 30.9. The number of sulfonamides is 1. The maximum Gasteiger partial charge on any atom is 0.316 e. The summed E-state index contributed by atoms with van der Waals surface area (Å²) in [6, 6.07) is 12.3. The van der Waals surface area contributed by atoms with Gasteiger partial charge in [-0.2, -0.15) is 4.31 Å². The molecule has 29 heavy (non-hydrogen) atoms. The normalized spacial score (nSPS) is 17.8. The Morgan fingerprint density at radius 3 is 2.17 bits per heavy atom. The van der Waals surface area contributed by atoms with Crippen molar-refractivity contribution in [2.24, 2.45) is 14.1 Å². The number of fused-ring (bicyclic) bond motifs is 1. The fourth-order valence-electron chi connectivity index (χ4n) is 4.01. The lowest BCUT2D eigenvalue weighted by atomic mass is 10.0. The summed E-state index contributed by atoms with van der Waals surface area (Å²) in [6.07, 6.45) is 1.56. The first-order chi connectivity index (χ1) is 13.7. The molecule has 152 valence electrons. The molecule has 8 heteroatoms. The second-order valence-electron chi connectivity index (χ2n) is 7.56. The largest absolute Gasteiger partial charge is 0.316 e. The van der Waals surface area contributed by atoms with Crippen LogP contribution >= 0.6 is 0 Å². The maximum atomic E-state index is 13.4. The minimum absolute atomic E-state index is 0.123. The highest BCUT2D eigenvalue weighted by atomic mass is 32.2. The van der Waals surface area contributed by atoms with Gasteiger partial charge in [0.1, 0.15) is 0 Å². The van der Waals surface area contributed by atoms with Crippen molar-refractivity contribution in [3.63, 3.8) is 0 Å². The number of hydrogen-bond acceptors (Lipinski definition) is 4. The van der Waals surface area contributed by atoms with E-state index in [1.165, 1.54) is 35.4 Å². The van der Waals surface area contributed by atoms with E-state index in [9.17, 15) is 18.0 Å². The van der Waals surface area contributed by atoms with Crippen molar-refractivity contribution < 1.29 is 8.42 Å². The zero-order chi connectivity index (χ0) is 20.9. The molecular formula is C21H23N3O4S. The topological polar surface area (TPSA) is 81.4 Å². The molecular weight excluding hydrogens is 390 g/mol. The zero-order valence-corrected chi connectivity index (χ0v) is 17.4. The van der Waals surface area contributed by atoms with Crippen molar-refractivity contribution >= 4 is 21.1 Å². The van der Waals surface area contributed by atoms with E-state index >= 15 is 0 Å². The maximum absolute atomic E-state index is 13.4. The first-order valence-corrected chi connectivity index (χ1v) is 10.9. The SMILES string of the molecule is Cc1ccc([C@@H]2CCCN2S(=O)(=O)c2ccc3c(c2)n(C)c(=O)c(=O)n3C)cc1. The van der Waals surface area contributed by atoms with E-state index in [1.807, 2.05) is 31.2 Å². The lowest BCUT2D eigenvalue weighted by Crippen LogP contribution is -2.39. The third-order valence-corrected chi connectivity index (χ3v) is 7.64. The van der Waals surface area contributed by atoms with Crippen LogP contribution in [0.5, 0.6) is 0 Å². The van der Waals surface area contributed by atoms with Crippen molar-refractivity contribution in [1.29, 1.82) is 0 Å². The summed E-state index contributed by atoms with van der Waals surface area (Å²) in [5.41, 5.74) is 1.69. The Morgan fingerprint density at radius 1 is 0.897 bits per heavy atom. The summed E-state index contributed by atoms with van der Waals surface area (Å²) >= 11 is 0. The van der Waals surface area contributed by atoms with Crippen molar-refractivity contribution in [2.45, 2.75) is 30.7 Å². The molecule has 0 aliphatic carbocycles. The quantitative estimate of drug-likeness (QED) is 0.616. The lowest BCUT2D eigenvalue weighted by Gasteiger charge is -2.25. The summed E-state index contributed by atoms with van der Waals surface area (Å²) in [6.45, 7) is 2.45. The van der Waals surface area contributed by atoms with Crippen molar-refractivity contribution in [3.05, 3.63) is 74.3 Å². The Labute approximate surface area is 168 Å². The van der Waals surface area contributed by atoms with Crippen molar-refractivity contribution in [2.75, 3.05) is 6.54 Å². The molecule has 1 saturated heterocycles. The Balaban J connectivity index is 1.83. The summed E-state index contributed by atoms with van der Waals surface area (Å²) in [5, 5.41) is 0. The van der Waals surface area contributed by atoms with Gasteiger partial charge in [-0.05, 0) is 43.5 Å². The molecule has 2 aromatic carbocycles. The molecule has 1 atom stereocenters. The van der Waals surface area contributed by atoms with Crippen LogP contribution in [-0.2, 0) is 24.1 Å². The first-order valence-electron chi connectivity index (χ1n) is 9.50. The monoisotopic (exact) mass is 413 g/mol. The Hall–Kier alpha value is -2.71. The minimum Gasteiger partial charge on any atom is -0.305 e. The molecule has 3 aromatic rings. The molecule has 0 saturated carbocycles. The third-order valence-electron chi connectivity index (χ3n) is 5.73. The molecule has 2 heterocycles. The van der Waals surface area contributed by atoms with Crippen molar-refractivity contribution in [3.8, 4) is 0 Å². The predicted octanol–water partition coefficient (Wildman–Crippen LogP) is 2.07. The van der Waals surface area contributed by atoms with Gasteiger partial charge in [0.2, 0.25) is 10.0 Å². The molecule has 1 aromatic heterocycles. The molecule has 7 nitrogen and oxygen atoms in total. The highest BCUT2D eigenvalue weighted by Gasteiger charge is 2.36. The van der Waals surface area contributed by atoms with Crippen LogP contribution in [0.1, 0.15) is 30.0 Å². The second kappa shape index (κ2) is 6.96. The van der Waals surface area contributed by atoms with Gasteiger partial charge in [0.25, 0.3) is 0 Å². The standard InChI is InChI=1S/C21H23N3O4S/c1-14-6-8-15(9-7-14)17-5-4-12-24(17)29(27,28)16-10-11-18-19(13-16)23(3)21(26)20(25)22(18)2/h6-11,13,17H,4-5,12H2,1-3H3/t17-/m0/s1. The number of aromatic nitrogens is 2. The van der Waals surface area contributed by atoms with Crippen molar-refractivity contribution in [1.82, 2.24) is 13.4 Å². The van der Waals surface area contributed by atoms with Gasteiger partial charge in [-0.15, -0.1) is 0 Å². The van der Waals surface area contributed by atoms with Gasteiger partial charge in [-0.1, -0.05) is 29.8 Å². The molecule has 0 N–H and O–H groups in total. The second-order valence-corrected chi connectivity index (χ2v) is 9.45. The van der Waals surface area contributed by atoms with Crippen LogP contribution in [0.4, 0.5) is 0 Å². The number of rotatable bonds is 3.